The highest BCUT2D eigenvalue weighted by atomic mass is 16.8. The van der Waals surface area contributed by atoms with Gasteiger partial charge in [-0.3, -0.25) is 9.69 Å². The lowest BCUT2D eigenvalue weighted by molar-refractivity contribution is -0.162. The Labute approximate surface area is 311 Å². The third kappa shape index (κ3) is 9.87. The minimum atomic E-state index is -1.02. The van der Waals surface area contributed by atoms with Crippen molar-refractivity contribution in [2.24, 2.45) is 0 Å². The van der Waals surface area contributed by atoms with E-state index in [9.17, 15) is 19.2 Å². The Balaban J connectivity index is 1.02. The topological polar surface area (TPSA) is 163 Å². The Morgan fingerprint density at radius 1 is 0.925 bits per heavy atom. The number of nitrogens with one attached hydrogen (secondary N) is 1. The number of fused-ring (bicyclic) bond motifs is 1. The number of piperidine rings is 2. The zero-order chi connectivity index (χ0) is 37.7. The summed E-state index contributed by atoms with van der Waals surface area (Å²) in [6, 6.07) is 9.90. The standard InChI is InChI=1S/C38H54N8O7/c1-26-23-27(25-40-33(26)39)24-32(34(47)43-14-10-29(11-15-43)42-19-21-45(22-20-42)53-37(50)52-38(2,3)4)51-36(49)44-16-12-30(13-17-44)46-18-9-28-7-5-6-8-31(28)41-35(46)48/h5-8,23,25,29-30,32H,9-22,24H2,1-4H3,(H2,39,40)(H,41,48)/t32-/m1/s1. The summed E-state index contributed by atoms with van der Waals surface area (Å²) in [4.78, 5) is 70.3. The quantitative estimate of drug-likeness (QED) is 0.395. The summed E-state index contributed by atoms with van der Waals surface area (Å²) in [7, 11) is 0. The maximum Gasteiger partial charge on any atom is 0.528 e. The molecule has 0 unspecified atom stereocenters. The number of ether oxygens (including phenoxy) is 2. The number of aromatic nitrogens is 1. The van der Waals surface area contributed by atoms with E-state index in [0.717, 1.165) is 54.7 Å². The third-order valence-electron chi connectivity index (χ3n) is 10.6. The Hall–Kier alpha value is -4.63. The second-order valence-corrected chi connectivity index (χ2v) is 15.4. The molecule has 2 aromatic rings. The smallest absolute Gasteiger partial charge is 0.436 e. The molecule has 0 saturated carbocycles. The van der Waals surface area contributed by atoms with Gasteiger partial charge < -0.3 is 40.1 Å². The van der Waals surface area contributed by atoms with Crippen LogP contribution >= 0.6 is 0 Å². The number of urea groups is 1. The third-order valence-corrected chi connectivity index (χ3v) is 10.6. The molecule has 0 radical (unpaired) electrons. The molecule has 15 heteroatoms. The number of hydrogen-bond acceptors (Lipinski definition) is 11. The van der Waals surface area contributed by atoms with Crippen molar-refractivity contribution < 1.29 is 33.5 Å². The van der Waals surface area contributed by atoms with Crippen LogP contribution in [0.5, 0.6) is 0 Å². The first kappa shape index (κ1) is 38.1. The van der Waals surface area contributed by atoms with E-state index >= 15 is 0 Å². The number of aryl methyl sites for hydroxylation is 1. The van der Waals surface area contributed by atoms with Crippen molar-refractivity contribution in [1.29, 1.82) is 0 Å². The number of hydrogen-bond donors (Lipinski definition) is 2. The lowest BCUT2D eigenvalue weighted by Gasteiger charge is -2.42. The molecule has 4 aliphatic heterocycles. The summed E-state index contributed by atoms with van der Waals surface area (Å²) in [5, 5.41) is 4.68. The molecule has 1 aromatic carbocycles. The van der Waals surface area contributed by atoms with Crippen LogP contribution in [-0.4, -0.2) is 137 Å². The number of carbonyl (C=O) groups excluding carboxylic acids is 4. The molecule has 1 atom stereocenters. The number of hydroxylamine groups is 2. The lowest BCUT2D eigenvalue weighted by Crippen LogP contribution is -2.55. The van der Waals surface area contributed by atoms with Gasteiger partial charge in [-0.25, -0.2) is 19.4 Å². The molecule has 0 spiro atoms. The van der Waals surface area contributed by atoms with Crippen molar-refractivity contribution in [3.05, 3.63) is 53.2 Å². The van der Waals surface area contributed by atoms with Crippen LogP contribution in [0.25, 0.3) is 0 Å². The molecule has 3 N–H and O–H groups in total. The first-order valence-corrected chi connectivity index (χ1v) is 18.8. The first-order valence-electron chi connectivity index (χ1n) is 18.8. The minimum absolute atomic E-state index is 0.00334. The van der Waals surface area contributed by atoms with E-state index in [-0.39, 0.29) is 30.4 Å². The average molecular weight is 735 g/mol. The zero-order valence-electron chi connectivity index (χ0n) is 31.4. The van der Waals surface area contributed by atoms with Crippen molar-refractivity contribution >= 4 is 35.7 Å². The highest BCUT2D eigenvalue weighted by Crippen LogP contribution is 2.26. The van der Waals surface area contributed by atoms with E-state index in [0.29, 0.717) is 64.5 Å². The monoisotopic (exact) mass is 734 g/mol. The Morgan fingerprint density at radius 3 is 2.26 bits per heavy atom. The van der Waals surface area contributed by atoms with E-state index in [1.54, 1.807) is 41.8 Å². The van der Waals surface area contributed by atoms with Crippen molar-refractivity contribution in [3.8, 4) is 0 Å². The zero-order valence-corrected chi connectivity index (χ0v) is 31.4. The summed E-state index contributed by atoms with van der Waals surface area (Å²) < 4.78 is 11.3. The van der Waals surface area contributed by atoms with Crippen LogP contribution < -0.4 is 11.1 Å². The summed E-state index contributed by atoms with van der Waals surface area (Å²) in [6.45, 7) is 12.4. The van der Waals surface area contributed by atoms with E-state index in [1.165, 1.54) is 0 Å². The molecule has 3 fully saturated rings. The van der Waals surface area contributed by atoms with Gasteiger partial charge in [0, 0.05) is 89.3 Å². The number of carbonyl (C=O) groups is 4. The van der Waals surface area contributed by atoms with Crippen LogP contribution in [0, 0.1) is 6.92 Å². The molecule has 4 amide bonds. The van der Waals surface area contributed by atoms with Crippen LogP contribution in [0.15, 0.2) is 36.5 Å². The molecule has 15 nitrogen and oxygen atoms in total. The SMILES string of the molecule is Cc1cc(C[C@@H](OC(=O)N2CCC(N3CCc4ccccc4NC3=O)CC2)C(=O)N2CCC(N3CCN(OC(=O)OC(C)(C)C)CC3)CC2)cnc1N. The largest absolute Gasteiger partial charge is 0.528 e. The summed E-state index contributed by atoms with van der Waals surface area (Å²) in [5.41, 5.74) is 8.85. The van der Waals surface area contributed by atoms with E-state index in [1.807, 2.05) is 42.2 Å². The van der Waals surface area contributed by atoms with Crippen molar-refractivity contribution in [1.82, 2.24) is 29.6 Å². The van der Waals surface area contributed by atoms with Gasteiger partial charge >= 0.3 is 18.3 Å². The van der Waals surface area contributed by atoms with Gasteiger partial charge in [-0.05, 0) is 82.6 Å². The number of nitrogens with zero attached hydrogens (tertiary/aromatic N) is 6. The Bertz CT molecular complexity index is 1630. The van der Waals surface area contributed by atoms with Crippen molar-refractivity contribution in [2.75, 3.05) is 70.0 Å². The molecule has 6 rings (SSSR count). The molecule has 3 saturated heterocycles. The number of amides is 4. The van der Waals surface area contributed by atoms with Crippen LogP contribution in [0.4, 0.5) is 25.9 Å². The van der Waals surface area contributed by atoms with Gasteiger partial charge in [0.1, 0.15) is 11.4 Å². The van der Waals surface area contributed by atoms with E-state index in [4.69, 9.17) is 20.0 Å². The number of nitrogen functional groups attached to an aromatic ring is 1. The Kier molecular flexibility index (Phi) is 11.9. The number of likely N-dealkylation sites (tertiary alicyclic amines) is 2. The summed E-state index contributed by atoms with van der Waals surface area (Å²) in [6.07, 6.45) is 3.13. The van der Waals surface area contributed by atoms with Crippen molar-refractivity contribution in [3.63, 3.8) is 0 Å². The molecule has 0 bridgehead atoms. The Morgan fingerprint density at radius 2 is 1.58 bits per heavy atom. The van der Waals surface area contributed by atoms with Gasteiger partial charge in [-0.1, -0.05) is 24.3 Å². The average Bonchev–Trinajstić information content (AvgIpc) is 3.30. The second-order valence-electron chi connectivity index (χ2n) is 15.4. The molecular weight excluding hydrogens is 680 g/mol. The number of rotatable bonds is 7. The van der Waals surface area contributed by atoms with Crippen LogP contribution in [0.3, 0.4) is 0 Å². The molecule has 288 valence electrons. The van der Waals surface area contributed by atoms with Gasteiger partial charge in [0.2, 0.25) is 0 Å². The maximum atomic E-state index is 14.1. The predicted molar refractivity (Wildman–Crippen MR) is 198 cm³/mol. The molecular formula is C38H54N8O7. The number of nitrogens with two attached hydrogens (primary N) is 1. The number of pyridine rings is 1. The number of benzene rings is 1. The van der Waals surface area contributed by atoms with Gasteiger partial charge in [-0.2, -0.15) is 0 Å². The number of para-hydroxylation sites is 1. The van der Waals surface area contributed by atoms with Crippen LogP contribution in [0.1, 0.15) is 63.1 Å². The van der Waals surface area contributed by atoms with Crippen molar-refractivity contribution in [2.45, 2.75) is 90.0 Å². The summed E-state index contributed by atoms with van der Waals surface area (Å²) in [5.74, 6) is 0.190. The highest BCUT2D eigenvalue weighted by molar-refractivity contribution is 5.91. The fourth-order valence-electron chi connectivity index (χ4n) is 7.63. The number of piperazine rings is 1. The highest BCUT2D eigenvalue weighted by Gasteiger charge is 2.37. The normalized spacial score (nSPS) is 20.2. The van der Waals surface area contributed by atoms with Crippen LogP contribution in [0.2, 0.25) is 0 Å². The molecule has 0 aliphatic carbocycles. The van der Waals surface area contributed by atoms with E-state index in [2.05, 4.69) is 15.2 Å². The lowest BCUT2D eigenvalue weighted by atomic mass is 10.0. The molecule has 53 heavy (non-hydrogen) atoms. The number of anilines is 2. The maximum absolute atomic E-state index is 14.1. The van der Waals surface area contributed by atoms with Gasteiger partial charge in [-0.15, -0.1) is 5.06 Å². The fourth-order valence-corrected chi connectivity index (χ4v) is 7.63. The fraction of sp³-hybridized carbons (Fsp3) is 0.605. The van der Waals surface area contributed by atoms with Gasteiger partial charge in [0.25, 0.3) is 5.91 Å². The molecule has 1 aromatic heterocycles. The minimum Gasteiger partial charge on any atom is -0.436 e. The molecule has 5 heterocycles. The predicted octanol–water partition coefficient (Wildman–Crippen LogP) is 4.05. The van der Waals surface area contributed by atoms with Crippen LogP contribution in [-0.2, 0) is 31.9 Å². The summed E-state index contributed by atoms with van der Waals surface area (Å²) >= 11 is 0. The van der Waals surface area contributed by atoms with Gasteiger partial charge in [0.05, 0.1) is 0 Å². The van der Waals surface area contributed by atoms with E-state index < -0.39 is 24.0 Å². The molecule has 4 aliphatic rings. The second kappa shape index (κ2) is 16.6. The first-order chi connectivity index (χ1) is 25.3. The van der Waals surface area contributed by atoms with Gasteiger partial charge in [0.15, 0.2) is 6.10 Å².